The van der Waals surface area contributed by atoms with Gasteiger partial charge in [-0.3, -0.25) is 9.59 Å². The second kappa shape index (κ2) is 8.03. The molecule has 0 atom stereocenters. The van der Waals surface area contributed by atoms with Crippen molar-refractivity contribution in [3.05, 3.63) is 93.5 Å². The molecule has 5 heteroatoms. The number of Topliss-reactive ketones (excluding diaryl/α,β-unsaturated/α-hetero) is 2. The first kappa shape index (κ1) is 20.5. The van der Waals surface area contributed by atoms with Crippen LogP contribution in [-0.2, 0) is 20.9 Å². The predicted molar refractivity (Wildman–Crippen MR) is 128 cm³/mol. The largest absolute Gasteiger partial charge is 0.465 e. The van der Waals surface area contributed by atoms with Gasteiger partial charge in [0.15, 0.2) is 11.6 Å². The number of hydrogen-bond donors (Lipinski definition) is 0. The van der Waals surface area contributed by atoms with Gasteiger partial charge in [0.05, 0.1) is 0 Å². The molecule has 0 amide bonds. The quantitative estimate of drug-likeness (QED) is 0.452. The maximum Gasteiger partial charge on any atom is 0.163 e. The highest BCUT2D eigenvalue weighted by atomic mass is 35.5. The smallest absolute Gasteiger partial charge is 0.163 e. The van der Waals surface area contributed by atoms with E-state index in [0.717, 1.165) is 59.2 Å². The summed E-state index contributed by atoms with van der Waals surface area (Å²) in [4.78, 5) is 26.3. The lowest BCUT2D eigenvalue weighted by Gasteiger charge is -2.35. The number of aromatic nitrogens is 1. The van der Waals surface area contributed by atoms with Crippen LogP contribution in [0.5, 0.6) is 0 Å². The summed E-state index contributed by atoms with van der Waals surface area (Å²) in [6.45, 7) is 0.681. The summed E-state index contributed by atoms with van der Waals surface area (Å²) < 4.78 is 8.42. The number of ether oxygens (including phenoxy) is 1. The Kier molecular flexibility index (Phi) is 4.99. The highest BCUT2D eigenvalue weighted by molar-refractivity contribution is 6.30. The number of benzene rings is 2. The van der Waals surface area contributed by atoms with E-state index in [-0.39, 0.29) is 17.5 Å². The zero-order valence-electron chi connectivity index (χ0n) is 18.3. The van der Waals surface area contributed by atoms with Crippen LogP contribution in [0.4, 0.5) is 0 Å². The van der Waals surface area contributed by atoms with Crippen LogP contribution in [0.15, 0.2) is 77.4 Å². The number of hydrogen-bond acceptors (Lipinski definition) is 3. The molecule has 0 N–H and O–H groups in total. The van der Waals surface area contributed by atoms with Gasteiger partial charge in [0.1, 0.15) is 11.5 Å². The highest BCUT2D eigenvalue weighted by Crippen LogP contribution is 2.49. The van der Waals surface area contributed by atoms with Gasteiger partial charge in [0.25, 0.3) is 0 Å². The van der Waals surface area contributed by atoms with Crippen LogP contribution in [0, 0.1) is 0 Å². The third kappa shape index (κ3) is 3.44. The Morgan fingerprint density at radius 2 is 1.48 bits per heavy atom. The standard InChI is InChI=1S/C28H24ClNO3/c29-18-13-11-17(12-14-18)15-30-16-20(19-5-1-2-6-21(19)30)26-27-22(31)7-3-9-24(27)33-25-10-4-8-23(32)28(25)26/h1-2,5-6,11-14,16,26H,3-4,7-10,15H2. The summed E-state index contributed by atoms with van der Waals surface area (Å²) in [7, 11) is 0. The number of carbonyl (C=O) groups is 2. The van der Waals surface area contributed by atoms with Crippen molar-refractivity contribution in [2.24, 2.45) is 0 Å². The van der Waals surface area contributed by atoms with Crippen molar-refractivity contribution in [2.75, 3.05) is 0 Å². The van der Waals surface area contributed by atoms with Crippen LogP contribution in [0.25, 0.3) is 10.9 Å². The first-order valence-corrected chi connectivity index (χ1v) is 12.0. The van der Waals surface area contributed by atoms with E-state index in [4.69, 9.17) is 16.3 Å². The Morgan fingerprint density at radius 1 is 0.848 bits per heavy atom. The molecule has 0 radical (unpaired) electrons. The van der Waals surface area contributed by atoms with E-state index < -0.39 is 0 Å². The molecule has 1 aliphatic heterocycles. The fourth-order valence-corrected chi connectivity index (χ4v) is 5.68. The summed E-state index contributed by atoms with van der Waals surface area (Å²) >= 11 is 6.08. The molecule has 0 fully saturated rings. The zero-order valence-corrected chi connectivity index (χ0v) is 19.0. The van der Waals surface area contributed by atoms with Crippen LogP contribution >= 0.6 is 11.6 Å². The Hall–Kier alpha value is -3.11. The molecule has 0 saturated carbocycles. The van der Waals surface area contributed by atoms with Crippen LogP contribution in [0.1, 0.15) is 55.6 Å². The lowest BCUT2D eigenvalue weighted by atomic mass is 9.73. The molecule has 33 heavy (non-hydrogen) atoms. The van der Waals surface area contributed by atoms with Gasteiger partial charge in [-0.25, -0.2) is 0 Å². The molecular weight excluding hydrogens is 434 g/mol. The van der Waals surface area contributed by atoms with Crippen molar-refractivity contribution in [1.82, 2.24) is 4.57 Å². The number of rotatable bonds is 3. The normalized spacial score (nSPS) is 19.1. The number of carbonyl (C=O) groups excluding carboxylic acids is 2. The number of nitrogens with zero attached hydrogens (tertiary/aromatic N) is 1. The average molecular weight is 458 g/mol. The zero-order chi connectivity index (χ0) is 22.5. The molecule has 0 saturated heterocycles. The topological polar surface area (TPSA) is 48.3 Å². The van der Waals surface area contributed by atoms with Gasteiger partial charge >= 0.3 is 0 Å². The van der Waals surface area contributed by atoms with Crippen molar-refractivity contribution in [1.29, 1.82) is 0 Å². The molecule has 4 nitrogen and oxygen atoms in total. The van der Waals surface area contributed by atoms with Crippen molar-refractivity contribution >= 4 is 34.1 Å². The van der Waals surface area contributed by atoms with E-state index in [1.54, 1.807) is 0 Å². The Labute approximate surface area is 197 Å². The number of allylic oxidation sites excluding steroid dienone is 4. The lowest BCUT2D eigenvalue weighted by Crippen LogP contribution is -2.30. The second-order valence-electron chi connectivity index (χ2n) is 9.12. The van der Waals surface area contributed by atoms with E-state index in [2.05, 4.69) is 22.9 Å². The monoisotopic (exact) mass is 457 g/mol. The Balaban J connectivity index is 1.55. The molecule has 0 bridgehead atoms. The Morgan fingerprint density at radius 3 is 2.15 bits per heavy atom. The molecule has 1 aromatic heterocycles. The van der Waals surface area contributed by atoms with E-state index in [1.165, 1.54) is 0 Å². The molecule has 3 aliphatic rings. The second-order valence-corrected chi connectivity index (χ2v) is 9.55. The SMILES string of the molecule is O=C1CCCC2=C1C(c1cn(Cc3ccc(Cl)cc3)c3ccccc13)C1=C(CCCC1=O)O2. The minimum Gasteiger partial charge on any atom is -0.465 e. The Bertz CT molecular complexity index is 1320. The summed E-state index contributed by atoms with van der Waals surface area (Å²) in [6.07, 6.45) is 6.28. The van der Waals surface area contributed by atoms with E-state index in [0.29, 0.717) is 35.6 Å². The maximum absolute atomic E-state index is 13.2. The molecule has 6 rings (SSSR count). The number of fused-ring (bicyclic) bond motifs is 1. The average Bonchev–Trinajstić information content (AvgIpc) is 3.18. The van der Waals surface area contributed by atoms with Gasteiger partial charge < -0.3 is 9.30 Å². The highest BCUT2D eigenvalue weighted by Gasteiger charge is 2.42. The molecule has 0 spiro atoms. The van der Waals surface area contributed by atoms with Gasteiger partial charge in [-0.1, -0.05) is 41.9 Å². The first-order valence-electron chi connectivity index (χ1n) is 11.6. The fraction of sp³-hybridized carbons (Fsp3) is 0.286. The first-order chi connectivity index (χ1) is 16.1. The molecule has 2 aromatic carbocycles. The number of halogens is 1. The molecule has 0 unspecified atom stereocenters. The van der Waals surface area contributed by atoms with E-state index >= 15 is 0 Å². The predicted octanol–water partition coefficient (Wildman–Crippen LogP) is 6.47. The van der Waals surface area contributed by atoms with E-state index in [9.17, 15) is 9.59 Å². The molecule has 166 valence electrons. The number of para-hydroxylation sites is 1. The summed E-state index contributed by atoms with van der Waals surface area (Å²) in [5.41, 5.74) is 4.65. The van der Waals surface area contributed by atoms with Gasteiger partial charge in [0.2, 0.25) is 0 Å². The van der Waals surface area contributed by atoms with Gasteiger partial charge in [0, 0.05) is 71.4 Å². The number of ketones is 2. The van der Waals surface area contributed by atoms with Crippen LogP contribution in [0.3, 0.4) is 0 Å². The van der Waals surface area contributed by atoms with Crippen LogP contribution in [0.2, 0.25) is 5.02 Å². The van der Waals surface area contributed by atoms with Crippen molar-refractivity contribution in [3.8, 4) is 0 Å². The third-order valence-corrected chi connectivity index (χ3v) is 7.29. The van der Waals surface area contributed by atoms with Crippen molar-refractivity contribution in [2.45, 2.75) is 51.0 Å². The summed E-state index contributed by atoms with van der Waals surface area (Å²) in [5.74, 6) is 1.43. The fourth-order valence-electron chi connectivity index (χ4n) is 5.55. The maximum atomic E-state index is 13.2. The van der Waals surface area contributed by atoms with Crippen molar-refractivity contribution < 1.29 is 14.3 Å². The molecule has 2 heterocycles. The lowest BCUT2D eigenvalue weighted by molar-refractivity contribution is -0.117. The molecule has 2 aliphatic carbocycles. The van der Waals surface area contributed by atoms with Gasteiger partial charge in [-0.05, 0) is 42.2 Å². The van der Waals surface area contributed by atoms with Crippen LogP contribution < -0.4 is 0 Å². The molecular formula is C28H24ClNO3. The minimum atomic E-state index is -0.347. The minimum absolute atomic E-state index is 0.112. The van der Waals surface area contributed by atoms with E-state index in [1.807, 2.05) is 36.4 Å². The van der Waals surface area contributed by atoms with Gasteiger partial charge in [-0.15, -0.1) is 0 Å². The van der Waals surface area contributed by atoms with Crippen LogP contribution in [-0.4, -0.2) is 16.1 Å². The summed E-state index contributed by atoms with van der Waals surface area (Å²) in [6, 6.07) is 16.1. The third-order valence-electron chi connectivity index (χ3n) is 7.04. The van der Waals surface area contributed by atoms with Crippen molar-refractivity contribution in [3.63, 3.8) is 0 Å². The van der Waals surface area contributed by atoms with Gasteiger partial charge in [-0.2, -0.15) is 0 Å². The molecule has 3 aromatic rings. The summed E-state index contributed by atoms with van der Waals surface area (Å²) in [5, 5.41) is 1.79.